The van der Waals surface area contributed by atoms with Crippen molar-refractivity contribution in [1.29, 1.82) is 0 Å². The van der Waals surface area contributed by atoms with Crippen molar-refractivity contribution in [1.82, 2.24) is 20.4 Å². The quantitative estimate of drug-likeness (QED) is 0.442. The molecule has 5 heteroatoms. The molecule has 154 valence electrons. The van der Waals surface area contributed by atoms with Crippen molar-refractivity contribution in [3.8, 4) is 22.4 Å². The second-order valence-corrected chi connectivity index (χ2v) is 9.91. The fourth-order valence-electron chi connectivity index (χ4n) is 3.68. The van der Waals surface area contributed by atoms with E-state index in [2.05, 4.69) is 110 Å². The number of hydrogen-bond donors (Lipinski definition) is 2. The zero-order valence-electron chi connectivity index (χ0n) is 18.5. The molecule has 30 heavy (non-hydrogen) atoms. The van der Waals surface area contributed by atoms with Crippen LogP contribution in [0.5, 0.6) is 0 Å². The van der Waals surface area contributed by atoms with Crippen LogP contribution in [0.3, 0.4) is 0 Å². The van der Waals surface area contributed by atoms with Gasteiger partial charge in [0.2, 0.25) is 5.65 Å². The minimum absolute atomic E-state index is 0.0879. The van der Waals surface area contributed by atoms with Crippen LogP contribution >= 0.6 is 0 Å². The van der Waals surface area contributed by atoms with Gasteiger partial charge in [-0.25, -0.2) is 0 Å². The van der Waals surface area contributed by atoms with E-state index in [1.807, 2.05) is 0 Å². The summed E-state index contributed by atoms with van der Waals surface area (Å²) in [5.41, 5.74) is 13.3. The van der Waals surface area contributed by atoms with E-state index in [1.54, 1.807) is 0 Å². The number of H-pyrrole nitrogens is 1. The van der Waals surface area contributed by atoms with Gasteiger partial charge in [0.1, 0.15) is 11.5 Å². The van der Waals surface area contributed by atoms with E-state index < -0.39 is 0 Å². The Morgan fingerprint density at radius 3 is 1.70 bits per heavy atom. The Hall–Kier alpha value is -3.21. The minimum Gasteiger partial charge on any atom is -0.383 e. The number of hydrogen-bond acceptors (Lipinski definition) is 4. The molecule has 2 aromatic heterocycles. The van der Waals surface area contributed by atoms with Crippen molar-refractivity contribution < 1.29 is 0 Å². The summed E-state index contributed by atoms with van der Waals surface area (Å²) < 4.78 is 0. The van der Waals surface area contributed by atoms with Gasteiger partial charge in [0.15, 0.2) is 0 Å². The number of aromatic amines is 1. The maximum Gasteiger partial charge on any atom is 0.205 e. The molecule has 0 aliphatic heterocycles. The molecule has 4 aromatic rings. The maximum absolute atomic E-state index is 6.26. The van der Waals surface area contributed by atoms with Crippen molar-refractivity contribution in [3.63, 3.8) is 0 Å². The van der Waals surface area contributed by atoms with Gasteiger partial charge >= 0.3 is 0 Å². The first kappa shape index (κ1) is 20.1. The summed E-state index contributed by atoms with van der Waals surface area (Å²) in [6.45, 7) is 13.3. The number of fused-ring (bicyclic) bond motifs is 1. The average molecular weight is 400 g/mol. The predicted octanol–water partition coefficient (Wildman–Crippen LogP) is 5.86. The third-order valence-electron chi connectivity index (χ3n) is 5.57. The normalized spacial score (nSPS) is 12.5. The van der Waals surface area contributed by atoms with Crippen LogP contribution in [0.15, 0.2) is 48.5 Å². The molecule has 4 rings (SSSR count). The van der Waals surface area contributed by atoms with Crippen molar-refractivity contribution in [3.05, 3.63) is 59.7 Å². The number of nitrogen functional groups attached to an aromatic ring is 1. The Morgan fingerprint density at radius 2 is 1.20 bits per heavy atom. The molecule has 0 bridgehead atoms. The Morgan fingerprint density at radius 1 is 0.700 bits per heavy atom. The number of rotatable bonds is 2. The summed E-state index contributed by atoms with van der Waals surface area (Å²) in [5.74, 6) is 0.502. The summed E-state index contributed by atoms with van der Waals surface area (Å²) in [7, 11) is 0. The topological polar surface area (TPSA) is 80.5 Å². The van der Waals surface area contributed by atoms with Gasteiger partial charge in [-0.15, -0.1) is 10.2 Å². The lowest BCUT2D eigenvalue weighted by Crippen LogP contribution is -2.10. The van der Waals surface area contributed by atoms with Crippen LogP contribution in [0, 0.1) is 0 Å². The molecule has 0 radical (unpaired) electrons. The summed E-state index contributed by atoms with van der Waals surface area (Å²) in [5, 5.41) is 16.7. The number of aromatic nitrogens is 4. The fourth-order valence-corrected chi connectivity index (χ4v) is 3.68. The highest BCUT2D eigenvalue weighted by atomic mass is 15.2. The number of nitrogens with one attached hydrogen (secondary N) is 1. The Kier molecular flexibility index (Phi) is 4.64. The van der Waals surface area contributed by atoms with Gasteiger partial charge in [-0.05, 0) is 27.5 Å². The zero-order chi connectivity index (χ0) is 21.7. The van der Waals surface area contributed by atoms with Gasteiger partial charge in [-0.3, -0.25) is 5.10 Å². The van der Waals surface area contributed by atoms with E-state index in [1.165, 1.54) is 11.1 Å². The third-order valence-corrected chi connectivity index (χ3v) is 5.57. The monoisotopic (exact) mass is 399 g/mol. The van der Waals surface area contributed by atoms with E-state index in [0.29, 0.717) is 11.5 Å². The molecule has 3 N–H and O–H groups in total. The van der Waals surface area contributed by atoms with Gasteiger partial charge in [0.05, 0.1) is 5.39 Å². The number of nitrogens with zero attached hydrogens (tertiary/aromatic N) is 3. The summed E-state index contributed by atoms with van der Waals surface area (Å²) in [4.78, 5) is 0. The minimum atomic E-state index is 0.0879. The van der Waals surface area contributed by atoms with Gasteiger partial charge in [0.25, 0.3) is 0 Å². The largest absolute Gasteiger partial charge is 0.383 e. The van der Waals surface area contributed by atoms with E-state index in [0.717, 1.165) is 27.8 Å². The molecule has 0 fully saturated rings. The van der Waals surface area contributed by atoms with Crippen molar-refractivity contribution in [2.45, 2.75) is 52.4 Å². The molecule has 2 aromatic carbocycles. The van der Waals surface area contributed by atoms with Gasteiger partial charge in [0, 0.05) is 11.1 Å². The molecule has 0 saturated carbocycles. The van der Waals surface area contributed by atoms with E-state index in [-0.39, 0.29) is 10.8 Å². The third kappa shape index (κ3) is 3.56. The lowest BCUT2D eigenvalue weighted by Gasteiger charge is -2.20. The fraction of sp³-hybridized carbons (Fsp3) is 0.320. The second-order valence-electron chi connectivity index (χ2n) is 9.91. The van der Waals surface area contributed by atoms with E-state index in [4.69, 9.17) is 5.73 Å². The highest BCUT2D eigenvalue weighted by molar-refractivity contribution is 6.04. The van der Waals surface area contributed by atoms with E-state index in [9.17, 15) is 0 Å². The first-order valence-corrected chi connectivity index (χ1v) is 10.3. The molecule has 0 amide bonds. The van der Waals surface area contributed by atoms with Gasteiger partial charge < -0.3 is 5.73 Å². The number of benzene rings is 2. The van der Waals surface area contributed by atoms with Crippen LogP contribution in [0.1, 0.15) is 52.7 Å². The summed E-state index contributed by atoms with van der Waals surface area (Å²) in [6, 6.07) is 17.2. The van der Waals surface area contributed by atoms with Crippen LogP contribution in [0.4, 0.5) is 5.82 Å². The van der Waals surface area contributed by atoms with Crippen molar-refractivity contribution in [2.24, 2.45) is 0 Å². The maximum atomic E-state index is 6.26. The van der Waals surface area contributed by atoms with E-state index >= 15 is 0 Å². The first-order valence-electron chi connectivity index (χ1n) is 10.3. The van der Waals surface area contributed by atoms with Crippen LogP contribution in [0.2, 0.25) is 0 Å². The molecular formula is C25H29N5. The van der Waals surface area contributed by atoms with Crippen molar-refractivity contribution in [2.75, 3.05) is 5.73 Å². The van der Waals surface area contributed by atoms with Crippen LogP contribution in [-0.2, 0) is 10.8 Å². The molecule has 0 spiro atoms. The average Bonchev–Trinajstić information content (AvgIpc) is 3.07. The molecule has 0 unspecified atom stereocenters. The predicted molar refractivity (Wildman–Crippen MR) is 124 cm³/mol. The molecular weight excluding hydrogens is 370 g/mol. The summed E-state index contributed by atoms with van der Waals surface area (Å²) in [6.07, 6.45) is 0. The highest BCUT2D eigenvalue weighted by Crippen LogP contribution is 2.38. The molecule has 2 heterocycles. The van der Waals surface area contributed by atoms with Gasteiger partial charge in [-0.2, -0.15) is 5.10 Å². The Labute approximate surface area is 177 Å². The van der Waals surface area contributed by atoms with Crippen LogP contribution < -0.4 is 5.73 Å². The number of anilines is 1. The smallest absolute Gasteiger partial charge is 0.205 e. The first-order chi connectivity index (χ1) is 14.1. The SMILES string of the molecule is CC(C)(C)c1ccc(-c2nnc3n[nH]c(N)c3c2-c2ccc(C(C)(C)C)cc2)cc1. The molecule has 0 aliphatic carbocycles. The summed E-state index contributed by atoms with van der Waals surface area (Å²) >= 11 is 0. The van der Waals surface area contributed by atoms with Crippen LogP contribution in [-0.4, -0.2) is 20.4 Å². The zero-order valence-corrected chi connectivity index (χ0v) is 18.5. The highest BCUT2D eigenvalue weighted by Gasteiger charge is 2.21. The van der Waals surface area contributed by atoms with Crippen LogP contribution in [0.25, 0.3) is 33.4 Å². The van der Waals surface area contributed by atoms with Gasteiger partial charge in [-0.1, -0.05) is 90.1 Å². The standard InChI is InChI=1S/C25H29N5/c1-24(2,3)17-11-7-15(8-12-17)19-20-22(26)28-30-23(20)29-27-21(19)16-9-13-18(14-10-16)25(4,5)6/h7-14H,1-6H3,(H3,26,28,29,30). The molecule has 5 nitrogen and oxygen atoms in total. The lowest BCUT2D eigenvalue weighted by atomic mass is 9.85. The Bertz CT molecular complexity index is 1190. The molecule has 0 saturated heterocycles. The molecule has 0 aliphatic rings. The molecule has 0 atom stereocenters. The lowest BCUT2D eigenvalue weighted by molar-refractivity contribution is 0.590. The number of nitrogens with two attached hydrogens (primary N) is 1. The van der Waals surface area contributed by atoms with Crippen molar-refractivity contribution >= 4 is 16.9 Å². The second kappa shape index (κ2) is 6.94. The Balaban J connectivity index is 1.92.